The van der Waals surface area contributed by atoms with Gasteiger partial charge in [0.15, 0.2) is 0 Å². The Labute approximate surface area is 182 Å². The molecule has 0 fully saturated rings. The zero-order valence-corrected chi connectivity index (χ0v) is 20.3. The second kappa shape index (κ2) is 23.7. The Morgan fingerprint density at radius 2 is 1.83 bits per heavy atom. The Balaban J connectivity index is -0.000000337. The van der Waals surface area contributed by atoms with Gasteiger partial charge < -0.3 is 5.73 Å². The first-order valence-electron chi connectivity index (χ1n) is 10.7. The van der Waals surface area contributed by atoms with Crippen molar-refractivity contribution in [1.82, 2.24) is 0 Å². The van der Waals surface area contributed by atoms with Crippen LogP contribution in [0.4, 0.5) is 0 Å². The van der Waals surface area contributed by atoms with Crippen LogP contribution in [-0.2, 0) is 0 Å². The van der Waals surface area contributed by atoms with Crippen LogP contribution in [0, 0.1) is 26.2 Å². The lowest BCUT2D eigenvalue weighted by Crippen LogP contribution is -1.99. The number of nitrogens with two attached hydrogens (primary N) is 1. The lowest BCUT2D eigenvalue weighted by atomic mass is 10.0. The molecular weight excluding hydrogens is 350 g/mol. The van der Waals surface area contributed by atoms with Gasteiger partial charge in [-0.05, 0) is 63.3 Å². The molecule has 1 aromatic carbocycles. The van der Waals surface area contributed by atoms with Crippen LogP contribution in [0.2, 0.25) is 0 Å². The maximum absolute atomic E-state index is 5.35. The van der Waals surface area contributed by atoms with Gasteiger partial charge in [-0.25, -0.2) is 0 Å². The molecule has 0 unspecified atom stereocenters. The number of unbranched alkanes of at least 4 members (excludes halogenated alkanes) is 1. The zero-order valence-electron chi connectivity index (χ0n) is 20.3. The molecule has 1 heteroatoms. The summed E-state index contributed by atoms with van der Waals surface area (Å²) < 4.78 is 0. The summed E-state index contributed by atoms with van der Waals surface area (Å²) in [5.74, 6) is 2.64. The Bertz CT molecular complexity index is 651. The summed E-state index contributed by atoms with van der Waals surface area (Å²) in [6.45, 7) is 20.8. The van der Waals surface area contributed by atoms with E-state index in [0.717, 1.165) is 11.1 Å². The highest BCUT2D eigenvalue weighted by Gasteiger charge is 1.94. The standard InChI is InChI=1S/C10H10.C8H13N.C8H16.C2H6/c1-4-10-7-5-6-8(2)9(10)3;1-3-5-6-8(4-2)7-9;1-4-6-7-8(3)5-2;1-2/h1,5-7H,2-3H3;3-6H,2,7,9H2,1H3;7H,4-6H2,1-3H3;1-2H3/b;5-3+,8-6+;8-7-;. The molecular formula is C28H45N. The fourth-order valence-corrected chi connectivity index (χ4v) is 1.88. The van der Waals surface area contributed by atoms with Crippen LogP contribution in [0.5, 0.6) is 0 Å². The normalized spacial score (nSPS) is 10.5. The molecule has 1 rings (SSSR count). The van der Waals surface area contributed by atoms with E-state index in [9.17, 15) is 0 Å². The minimum absolute atomic E-state index is 0.563. The first-order chi connectivity index (χ1) is 13.9. The fraction of sp³-hybridized carbons (Fsp3) is 0.429. The lowest BCUT2D eigenvalue weighted by Gasteiger charge is -2.00. The van der Waals surface area contributed by atoms with E-state index in [0.29, 0.717) is 6.54 Å². The fourth-order valence-electron chi connectivity index (χ4n) is 1.88. The summed E-state index contributed by atoms with van der Waals surface area (Å²) in [5, 5.41) is 0. The third-order valence-corrected chi connectivity index (χ3v) is 4.10. The van der Waals surface area contributed by atoms with E-state index in [1.54, 1.807) is 6.08 Å². The van der Waals surface area contributed by atoms with Gasteiger partial charge in [-0.1, -0.05) is 94.7 Å². The molecule has 0 atom stereocenters. The topological polar surface area (TPSA) is 26.0 Å². The van der Waals surface area contributed by atoms with E-state index in [1.807, 2.05) is 58.1 Å². The molecule has 29 heavy (non-hydrogen) atoms. The van der Waals surface area contributed by atoms with Crippen molar-refractivity contribution in [1.29, 1.82) is 0 Å². The van der Waals surface area contributed by atoms with E-state index in [1.165, 1.54) is 36.0 Å². The van der Waals surface area contributed by atoms with E-state index < -0.39 is 0 Å². The molecule has 0 bridgehead atoms. The summed E-state index contributed by atoms with van der Waals surface area (Å²) in [7, 11) is 0. The monoisotopic (exact) mass is 395 g/mol. The SMILES string of the molecule is C#Cc1cccc(C)c1C.C=C/C(=C\C=C\C)CN.CC.CCC/C=C(/C)CC. The molecule has 0 aliphatic heterocycles. The van der Waals surface area contributed by atoms with Crippen LogP contribution in [0.15, 0.2) is 66.3 Å². The Hall–Kier alpha value is -2.30. The number of rotatable bonds is 6. The highest BCUT2D eigenvalue weighted by Crippen LogP contribution is 2.10. The molecule has 2 N–H and O–H groups in total. The van der Waals surface area contributed by atoms with E-state index in [-0.39, 0.29) is 0 Å². The largest absolute Gasteiger partial charge is 0.326 e. The third kappa shape index (κ3) is 18.8. The van der Waals surface area contributed by atoms with Crippen molar-refractivity contribution in [3.05, 3.63) is 83.0 Å². The third-order valence-electron chi connectivity index (χ3n) is 4.10. The number of allylic oxidation sites excluding steroid dienone is 5. The molecule has 0 aliphatic rings. The predicted octanol–water partition coefficient (Wildman–Crippen LogP) is 8.09. The van der Waals surface area contributed by atoms with Crippen LogP contribution in [0.1, 0.15) is 77.5 Å². The maximum atomic E-state index is 5.35. The molecule has 0 saturated carbocycles. The molecule has 0 saturated heterocycles. The molecule has 0 aromatic heterocycles. The van der Waals surface area contributed by atoms with E-state index in [2.05, 4.69) is 52.3 Å². The van der Waals surface area contributed by atoms with Gasteiger partial charge in [0.05, 0.1) is 0 Å². The highest BCUT2D eigenvalue weighted by atomic mass is 14.5. The first kappa shape index (κ1) is 31.4. The van der Waals surface area contributed by atoms with Crippen molar-refractivity contribution < 1.29 is 0 Å². The zero-order chi connectivity index (χ0) is 23.1. The second-order valence-electron chi connectivity index (χ2n) is 6.26. The summed E-state index contributed by atoms with van der Waals surface area (Å²) in [5.41, 5.74) is 11.4. The second-order valence-corrected chi connectivity index (χ2v) is 6.26. The van der Waals surface area contributed by atoms with Crippen LogP contribution in [0.25, 0.3) is 0 Å². The number of hydrogen-bond donors (Lipinski definition) is 1. The smallest absolute Gasteiger partial charge is 0.0274 e. The van der Waals surface area contributed by atoms with Gasteiger partial charge in [0.2, 0.25) is 0 Å². The quantitative estimate of drug-likeness (QED) is 0.294. The minimum Gasteiger partial charge on any atom is -0.326 e. The van der Waals surface area contributed by atoms with E-state index in [4.69, 9.17) is 12.2 Å². The Kier molecular flexibility index (Phi) is 25.7. The molecule has 0 aliphatic carbocycles. The summed E-state index contributed by atoms with van der Waals surface area (Å²) >= 11 is 0. The number of benzene rings is 1. The highest BCUT2D eigenvalue weighted by molar-refractivity contribution is 5.42. The predicted molar refractivity (Wildman–Crippen MR) is 136 cm³/mol. The maximum Gasteiger partial charge on any atom is 0.0274 e. The van der Waals surface area contributed by atoms with Gasteiger partial charge in [-0.3, -0.25) is 0 Å². The van der Waals surface area contributed by atoms with Crippen molar-refractivity contribution >= 4 is 0 Å². The van der Waals surface area contributed by atoms with Gasteiger partial charge in [0.25, 0.3) is 0 Å². The molecule has 0 spiro atoms. The van der Waals surface area contributed by atoms with Gasteiger partial charge in [0, 0.05) is 12.1 Å². The van der Waals surface area contributed by atoms with Crippen molar-refractivity contribution in [2.45, 2.75) is 74.7 Å². The Morgan fingerprint density at radius 1 is 1.21 bits per heavy atom. The Morgan fingerprint density at radius 3 is 2.21 bits per heavy atom. The number of terminal acetylenes is 1. The lowest BCUT2D eigenvalue weighted by molar-refractivity contribution is 0.934. The van der Waals surface area contributed by atoms with Gasteiger partial charge in [0.1, 0.15) is 0 Å². The van der Waals surface area contributed by atoms with Gasteiger partial charge >= 0.3 is 0 Å². The number of aryl methyl sites for hydroxylation is 1. The number of hydrogen-bond acceptors (Lipinski definition) is 1. The minimum atomic E-state index is 0.563. The molecule has 162 valence electrons. The van der Waals surface area contributed by atoms with Crippen LogP contribution < -0.4 is 5.73 Å². The summed E-state index contributed by atoms with van der Waals surface area (Å²) in [6.07, 6.45) is 18.9. The first-order valence-corrected chi connectivity index (χ1v) is 10.7. The van der Waals surface area contributed by atoms with Crippen molar-refractivity contribution in [2.24, 2.45) is 5.73 Å². The van der Waals surface area contributed by atoms with E-state index >= 15 is 0 Å². The van der Waals surface area contributed by atoms with Crippen LogP contribution in [0.3, 0.4) is 0 Å². The van der Waals surface area contributed by atoms with Crippen molar-refractivity contribution in [3.8, 4) is 12.3 Å². The summed E-state index contributed by atoms with van der Waals surface area (Å²) in [6, 6.07) is 6.01. The van der Waals surface area contributed by atoms with Crippen molar-refractivity contribution in [3.63, 3.8) is 0 Å². The molecule has 0 radical (unpaired) electrons. The molecule has 0 amide bonds. The van der Waals surface area contributed by atoms with Gasteiger partial charge in [-0.2, -0.15) is 0 Å². The average molecular weight is 396 g/mol. The van der Waals surface area contributed by atoms with Gasteiger partial charge in [-0.15, -0.1) is 6.42 Å². The van der Waals surface area contributed by atoms with Crippen molar-refractivity contribution in [2.75, 3.05) is 6.54 Å². The average Bonchev–Trinajstić information content (AvgIpc) is 2.77. The molecule has 1 aromatic rings. The molecule has 0 heterocycles. The molecule has 1 nitrogen and oxygen atoms in total. The summed E-state index contributed by atoms with van der Waals surface area (Å²) in [4.78, 5) is 0. The van der Waals surface area contributed by atoms with Crippen LogP contribution >= 0.6 is 0 Å². The van der Waals surface area contributed by atoms with Crippen LogP contribution in [-0.4, -0.2) is 6.54 Å².